The van der Waals surface area contributed by atoms with Crippen LogP contribution in [0.25, 0.3) is 0 Å². The van der Waals surface area contributed by atoms with Crippen molar-refractivity contribution in [2.24, 2.45) is 7.05 Å². The zero-order valence-electron chi connectivity index (χ0n) is 10.3. The van der Waals surface area contributed by atoms with Crippen molar-refractivity contribution in [3.8, 4) is 0 Å². The zero-order chi connectivity index (χ0) is 13.3. The monoisotopic (exact) mass is 253 g/mol. The van der Waals surface area contributed by atoms with E-state index >= 15 is 0 Å². The summed E-state index contributed by atoms with van der Waals surface area (Å²) in [6.45, 7) is 2.10. The Bertz CT molecular complexity index is 484. The van der Waals surface area contributed by atoms with Gasteiger partial charge >= 0.3 is 5.97 Å². The number of rotatable bonds is 2. The Hall–Kier alpha value is -1.89. The topological polar surface area (TPSA) is 84.7 Å². The van der Waals surface area contributed by atoms with Crippen LogP contribution in [0, 0.1) is 0 Å². The summed E-state index contributed by atoms with van der Waals surface area (Å²) in [5, 5.41) is 13.0. The molecule has 0 aromatic carbocycles. The van der Waals surface area contributed by atoms with Crippen molar-refractivity contribution < 1.29 is 19.4 Å². The molecule has 2 rings (SSSR count). The molecule has 7 nitrogen and oxygen atoms in total. The predicted octanol–water partition coefficient (Wildman–Crippen LogP) is -0.264. The fourth-order valence-electron chi connectivity index (χ4n) is 1.92. The Kier molecular flexibility index (Phi) is 3.08. The number of hydrogen-bond acceptors (Lipinski definition) is 4. The van der Waals surface area contributed by atoms with Crippen LogP contribution in [0.15, 0.2) is 12.3 Å². The third kappa shape index (κ3) is 2.08. The van der Waals surface area contributed by atoms with Crippen molar-refractivity contribution in [3.05, 3.63) is 18.0 Å². The number of hydrogen-bond donors (Lipinski definition) is 1. The van der Waals surface area contributed by atoms with Crippen LogP contribution in [-0.4, -0.2) is 57.0 Å². The fraction of sp³-hybridized carbons (Fsp3) is 0.545. The van der Waals surface area contributed by atoms with E-state index in [9.17, 15) is 9.59 Å². The summed E-state index contributed by atoms with van der Waals surface area (Å²) in [6.07, 6.45) is 1.53. The molecule has 0 aliphatic carbocycles. The van der Waals surface area contributed by atoms with Gasteiger partial charge in [-0.05, 0) is 13.0 Å². The third-order valence-electron chi connectivity index (χ3n) is 3.05. The fourth-order valence-corrected chi connectivity index (χ4v) is 1.92. The summed E-state index contributed by atoms with van der Waals surface area (Å²) in [5.41, 5.74) is -0.906. The van der Waals surface area contributed by atoms with E-state index in [0.29, 0.717) is 12.2 Å². The molecule has 1 saturated heterocycles. The van der Waals surface area contributed by atoms with E-state index in [1.807, 2.05) is 0 Å². The van der Waals surface area contributed by atoms with Gasteiger partial charge in [0.25, 0.3) is 5.91 Å². The Morgan fingerprint density at radius 2 is 2.28 bits per heavy atom. The van der Waals surface area contributed by atoms with Crippen LogP contribution in [0.4, 0.5) is 0 Å². The van der Waals surface area contributed by atoms with Gasteiger partial charge in [-0.1, -0.05) is 0 Å². The number of carbonyl (C=O) groups excluding carboxylic acids is 1. The van der Waals surface area contributed by atoms with Crippen LogP contribution in [0.1, 0.15) is 17.4 Å². The van der Waals surface area contributed by atoms with Crippen molar-refractivity contribution in [2.45, 2.75) is 12.5 Å². The number of morpholine rings is 1. The highest BCUT2D eigenvalue weighted by Crippen LogP contribution is 2.19. The van der Waals surface area contributed by atoms with Crippen molar-refractivity contribution in [1.29, 1.82) is 0 Å². The van der Waals surface area contributed by atoms with Gasteiger partial charge in [-0.3, -0.25) is 9.48 Å². The number of carbonyl (C=O) groups is 2. The van der Waals surface area contributed by atoms with E-state index in [1.165, 1.54) is 22.7 Å². The maximum Gasteiger partial charge on any atom is 0.337 e. The van der Waals surface area contributed by atoms with Crippen LogP contribution in [-0.2, 0) is 16.6 Å². The quantitative estimate of drug-likeness (QED) is 0.784. The molecule has 1 aliphatic rings. The van der Waals surface area contributed by atoms with Gasteiger partial charge in [-0.2, -0.15) is 5.10 Å². The molecule has 0 saturated carbocycles. The van der Waals surface area contributed by atoms with Crippen LogP contribution < -0.4 is 0 Å². The summed E-state index contributed by atoms with van der Waals surface area (Å²) in [7, 11) is 1.67. The molecule has 2 heterocycles. The number of amides is 1. The normalized spacial score (nSPS) is 24.0. The van der Waals surface area contributed by atoms with E-state index in [-0.39, 0.29) is 19.1 Å². The van der Waals surface area contributed by atoms with Gasteiger partial charge in [0.2, 0.25) is 0 Å². The van der Waals surface area contributed by atoms with Gasteiger partial charge in [0.1, 0.15) is 5.69 Å². The van der Waals surface area contributed by atoms with Crippen molar-refractivity contribution in [2.75, 3.05) is 19.7 Å². The molecule has 1 atom stereocenters. The standard InChI is InChI=1S/C11H15N3O4/c1-11(10(16)17)7-14(5-6-18-11)9(15)8-3-4-12-13(8)2/h3-4H,5-7H2,1-2H3,(H,16,17). The van der Waals surface area contributed by atoms with Crippen LogP contribution in [0.5, 0.6) is 0 Å². The smallest absolute Gasteiger partial charge is 0.337 e. The minimum absolute atomic E-state index is 0.0341. The first kappa shape index (κ1) is 12.6. The first-order valence-corrected chi connectivity index (χ1v) is 5.59. The Labute approximate surface area is 104 Å². The molecule has 1 aromatic rings. The molecule has 1 amide bonds. The molecule has 1 aliphatic heterocycles. The van der Waals surface area contributed by atoms with Crippen molar-refractivity contribution >= 4 is 11.9 Å². The lowest BCUT2D eigenvalue weighted by Gasteiger charge is -2.37. The van der Waals surface area contributed by atoms with Gasteiger partial charge < -0.3 is 14.7 Å². The van der Waals surface area contributed by atoms with E-state index < -0.39 is 11.6 Å². The van der Waals surface area contributed by atoms with Gasteiger partial charge in [0.15, 0.2) is 5.60 Å². The van der Waals surface area contributed by atoms with E-state index in [2.05, 4.69) is 5.10 Å². The lowest BCUT2D eigenvalue weighted by Crippen LogP contribution is -2.56. The second-order valence-corrected chi connectivity index (χ2v) is 4.45. The largest absolute Gasteiger partial charge is 0.479 e. The predicted molar refractivity (Wildman–Crippen MR) is 61.1 cm³/mol. The average Bonchev–Trinajstić information content (AvgIpc) is 2.74. The third-order valence-corrected chi connectivity index (χ3v) is 3.05. The lowest BCUT2D eigenvalue weighted by atomic mass is 10.0. The summed E-state index contributed by atoms with van der Waals surface area (Å²) < 4.78 is 6.71. The minimum Gasteiger partial charge on any atom is -0.479 e. The summed E-state index contributed by atoms with van der Waals surface area (Å²) in [4.78, 5) is 24.8. The molecule has 1 unspecified atom stereocenters. The van der Waals surface area contributed by atoms with Crippen molar-refractivity contribution in [3.63, 3.8) is 0 Å². The van der Waals surface area contributed by atoms with Gasteiger partial charge in [0.05, 0.1) is 13.2 Å². The van der Waals surface area contributed by atoms with Crippen LogP contribution >= 0.6 is 0 Å². The maximum absolute atomic E-state index is 12.2. The van der Waals surface area contributed by atoms with Crippen LogP contribution in [0.2, 0.25) is 0 Å². The number of aromatic nitrogens is 2. The number of ether oxygens (including phenoxy) is 1. The SMILES string of the molecule is Cn1nccc1C(=O)N1CCOC(C)(C(=O)O)C1. The van der Waals surface area contributed by atoms with Gasteiger partial charge in [0, 0.05) is 19.8 Å². The number of aryl methyl sites for hydroxylation is 1. The number of aliphatic carboxylic acids is 1. The molecule has 7 heteroatoms. The lowest BCUT2D eigenvalue weighted by molar-refractivity contribution is -0.171. The highest BCUT2D eigenvalue weighted by molar-refractivity contribution is 5.93. The molecular weight excluding hydrogens is 238 g/mol. The second kappa shape index (κ2) is 4.41. The summed E-state index contributed by atoms with van der Waals surface area (Å²) >= 11 is 0. The minimum atomic E-state index is -1.34. The second-order valence-electron chi connectivity index (χ2n) is 4.45. The van der Waals surface area contributed by atoms with Gasteiger partial charge in [-0.25, -0.2) is 4.79 Å². The molecule has 0 bridgehead atoms. The Balaban J connectivity index is 2.17. The number of carboxylic acid groups (broad SMARTS) is 1. The molecule has 1 fully saturated rings. The van der Waals surface area contributed by atoms with Gasteiger partial charge in [-0.15, -0.1) is 0 Å². The molecule has 98 valence electrons. The van der Waals surface area contributed by atoms with Crippen LogP contribution in [0.3, 0.4) is 0 Å². The summed E-state index contributed by atoms with van der Waals surface area (Å²) in [5.74, 6) is -1.30. The zero-order valence-corrected chi connectivity index (χ0v) is 10.3. The molecule has 1 aromatic heterocycles. The molecule has 0 radical (unpaired) electrons. The maximum atomic E-state index is 12.2. The van der Waals surface area contributed by atoms with E-state index in [1.54, 1.807) is 13.1 Å². The first-order valence-electron chi connectivity index (χ1n) is 5.59. The van der Waals surface area contributed by atoms with E-state index in [0.717, 1.165) is 0 Å². The molecule has 0 spiro atoms. The molecule has 18 heavy (non-hydrogen) atoms. The number of nitrogens with zero attached hydrogens (tertiary/aromatic N) is 3. The van der Waals surface area contributed by atoms with Crippen molar-refractivity contribution in [1.82, 2.24) is 14.7 Å². The summed E-state index contributed by atoms with van der Waals surface area (Å²) in [6, 6.07) is 1.61. The van der Waals surface area contributed by atoms with E-state index in [4.69, 9.17) is 9.84 Å². The first-order chi connectivity index (χ1) is 8.44. The highest BCUT2D eigenvalue weighted by Gasteiger charge is 2.41. The number of carboxylic acids is 1. The highest BCUT2D eigenvalue weighted by atomic mass is 16.5. The molecule has 1 N–H and O–H groups in total. The Morgan fingerprint density at radius 3 is 2.83 bits per heavy atom. The molecular formula is C11H15N3O4. The average molecular weight is 253 g/mol. The Morgan fingerprint density at radius 1 is 1.56 bits per heavy atom.